The third-order valence-corrected chi connectivity index (χ3v) is 5.77. The number of nitrogens with one attached hydrogen (secondary N) is 1. The van der Waals surface area contributed by atoms with Gasteiger partial charge in [-0.1, -0.05) is 53.6 Å². The van der Waals surface area contributed by atoms with Gasteiger partial charge < -0.3 is 24.8 Å². The van der Waals surface area contributed by atoms with Crippen LogP contribution < -0.4 is 19.7 Å². The second kappa shape index (κ2) is 12.2. The van der Waals surface area contributed by atoms with E-state index in [0.29, 0.717) is 17.7 Å². The van der Waals surface area contributed by atoms with Gasteiger partial charge in [0, 0.05) is 12.7 Å². The maximum Gasteiger partial charge on any atom is 0.326 e. The van der Waals surface area contributed by atoms with Gasteiger partial charge in [-0.2, -0.15) is 9.97 Å². The van der Waals surface area contributed by atoms with Crippen molar-refractivity contribution in [2.75, 3.05) is 26.2 Å². The van der Waals surface area contributed by atoms with Crippen LogP contribution in [0.15, 0.2) is 54.6 Å². The van der Waals surface area contributed by atoms with E-state index in [4.69, 9.17) is 32.7 Å². The molecule has 3 aromatic rings. The molecule has 0 aliphatic heterocycles. The number of nitrogens with zero attached hydrogens (tertiary/aromatic N) is 3. The van der Waals surface area contributed by atoms with Crippen molar-refractivity contribution < 1.29 is 24.2 Å². The SMILES string of the molecule is COc1cc(OC)nc(N(C)c2ccc(C=CCC(NC(=O)c3c(Cl)cccc3Cl)C(=O)O)cc2)n1. The van der Waals surface area contributed by atoms with Gasteiger partial charge >= 0.3 is 5.97 Å². The first kappa shape index (κ1) is 26.8. The Morgan fingerprint density at radius 2 is 1.64 bits per heavy atom. The molecule has 1 unspecified atom stereocenters. The number of ether oxygens (including phenoxy) is 2. The smallest absolute Gasteiger partial charge is 0.326 e. The largest absolute Gasteiger partial charge is 0.481 e. The summed E-state index contributed by atoms with van der Waals surface area (Å²) in [7, 11) is 4.84. The van der Waals surface area contributed by atoms with Crippen LogP contribution in [-0.2, 0) is 4.79 Å². The summed E-state index contributed by atoms with van der Waals surface area (Å²) < 4.78 is 10.4. The van der Waals surface area contributed by atoms with Crippen LogP contribution in [0.2, 0.25) is 10.0 Å². The number of rotatable bonds is 10. The molecule has 3 rings (SSSR count). The van der Waals surface area contributed by atoms with Gasteiger partial charge in [-0.3, -0.25) is 4.79 Å². The van der Waals surface area contributed by atoms with Crippen molar-refractivity contribution in [1.82, 2.24) is 15.3 Å². The molecule has 0 radical (unpaired) electrons. The van der Waals surface area contributed by atoms with Crippen molar-refractivity contribution in [3.05, 3.63) is 75.8 Å². The monoisotopic (exact) mass is 530 g/mol. The molecule has 11 heteroatoms. The number of carboxylic acids is 1. The first-order chi connectivity index (χ1) is 17.2. The molecule has 0 bridgehead atoms. The highest BCUT2D eigenvalue weighted by Gasteiger charge is 2.22. The number of hydrogen-bond acceptors (Lipinski definition) is 7. The van der Waals surface area contributed by atoms with E-state index in [1.54, 1.807) is 29.2 Å². The Bertz CT molecular complexity index is 1230. The summed E-state index contributed by atoms with van der Waals surface area (Å²) in [6.07, 6.45) is 3.49. The molecule has 188 valence electrons. The molecule has 2 aromatic carbocycles. The molecule has 0 saturated carbocycles. The maximum absolute atomic E-state index is 12.5. The number of amides is 1. The molecule has 1 aromatic heterocycles. The molecule has 0 fully saturated rings. The highest BCUT2D eigenvalue weighted by atomic mass is 35.5. The van der Waals surface area contributed by atoms with Gasteiger partial charge in [0.25, 0.3) is 5.91 Å². The standard InChI is InChI=1S/C25H24Cl2N4O5/c1-31(25-29-20(35-2)14-21(30-25)36-3)16-12-10-15(11-13-16)6-4-9-19(24(33)34)28-23(32)22-17(26)7-5-8-18(22)27/h4-8,10-14,19H,9H2,1-3H3,(H,28,32)(H,33,34). The molecule has 2 N–H and O–H groups in total. The van der Waals surface area contributed by atoms with Crippen LogP contribution in [0.5, 0.6) is 11.8 Å². The Morgan fingerprint density at radius 3 is 2.17 bits per heavy atom. The van der Waals surface area contributed by atoms with Crippen molar-refractivity contribution in [3.63, 3.8) is 0 Å². The Morgan fingerprint density at radius 1 is 1.06 bits per heavy atom. The quantitative estimate of drug-likeness (QED) is 0.382. The Labute approximate surface area is 218 Å². The number of halogens is 2. The van der Waals surface area contributed by atoms with E-state index in [-0.39, 0.29) is 22.0 Å². The lowest BCUT2D eigenvalue weighted by Crippen LogP contribution is -2.40. The van der Waals surface area contributed by atoms with Crippen LogP contribution in [0, 0.1) is 0 Å². The van der Waals surface area contributed by atoms with Crippen molar-refractivity contribution in [3.8, 4) is 11.8 Å². The topological polar surface area (TPSA) is 114 Å². The van der Waals surface area contributed by atoms with Crippen molar-refractivity contribution in [2.45, 2.75) is 12.5 Å². The lowest BCUT2D eigenvalue weighted by Gasteiger charge is -2.18. The fourth-order valence-corrected chi connectivity index (χ4v) is 3.75. The molecule has 9 nitrogen and oxygen atoms in total. The average Bonchev–Trinajstić information content (AvgIpc) is 2.87. The highest BCUT2D eigenvalue weighted by Crippen LogP contribution is 2.26. The Hall–Kier alpha value is -3.82. The number of hydrogen-bond donors (Lipinski definition) is 2. The summed E-state index contributed by atoms with van der Waals surface area (Å²) in [4.78, 5) is 34.6. The lowest BCUT2D eigenvalue weighted by atomic mass is 10.1. The van der Waals surface area contributed by atoms with E-state index >= 15 is 0 Å². The summed E-state index contributed by atoms with van der Waals surface area (Å²) in [5.74, 6) is -0.689. The number of aliphatic carboxylic acids is 1. The maximum atomic E-state index is 12.5. The fourth-order valence-electron chi connectivity index (χ4n) is 3.18. The van der Waals surface area contributed by atoms with E-state index in [2.05, 4.69) is 15.3 Å². The first-order valence-electron chi connectivity index (χ1n) is 10.7. The lowest BCUT2D eigenvalue weighted by molar-refractivity contribution is -0.139. The van der Waals surface area contributed by atoms with Crippen molar-refractivity contribution in [1.29, 1.82) is 0 Å². The minimum absolute atomic E-state index is 0.0356. The van der Waals surface area contributed by atoms with Gasteiger partial charge in [0.1, 0.15) is 6.04 Å². The van der Waals surface area contributed by atoms with Crippen LogP contribution in [0.1, 0.15) is 22.3 Å². The van der Waals surface area contributed by atoms with Crippen LogP contribution in [0.4, 0.5) is 11.6 Å². The summed E-state index contributed by atoms with van der Waals surface area (Å²) in [6, 6.07) is 12.5. The number of carbonyl (C=O) groups excluding carboxylic acids is 1. The number of anilines is 2. The molecule has 1 atom stereocenters. The molecule has 0 saturated heterocycles. The van der Waals surface area contributed by atoms with E-state index in [1.807, 2.05) is 31.3 Å². The second-order valence-electron chi connectivity index (χ2n) is 7.50. The predicted octanol–water partition coefficient (Wildman–Crippen LogP) is 4.86. The summed E-state index contributed by atoms with van der Waals surface area (Å²) >= 11 is 12.1. The van der Waals surface area contributed by atoms with E-state index < -0.39 is 17.9 Å². The van der Waals surface area contributed by atoms with Crippen molar-refractivity contribution in [2.24, 2.45) is 0 Å². The van der Waals surface area contributed by atoms with Gasteiger partial charge in [0.15, 0.2) is 0 Å². The molecule has 36 heavy (non-hydrogen) atoms. The highest BCUT2D eigenvalue weighted by molar-refractivity contribution is 6.39. The molecular formula is C25H24Cl2N4O5. The number of carboxylic acid groups (broad SMARTS) is 1. The van der Waals surface area contributed by atoms with Crippen LogP contribution in [0.3, 0.4) is 0 Å². The molecule has 0 aliphatic carbocycles. The van der Waals surface area contributed by atoms with E-state index in [0.717, 1.165) is 11.3 Å². The Balaban J connectivity index is 1.67. The normalized spacial score (nSPS) is 11.7. The minimum atomic E-state index is -1.18. The predicted molar refractivity (Wildman–Crippen MR) is 139 cm³/mol. The van der Waals surface area contributed by atoms with Gasteiger partial charge in [0.2, 0.25) is 17.7 Å². The summed E-state index contributed by atoms with van der Waals surface area (Å²) in [6.45, 7) is 0. The zero-order valence-corrected chi connectivity index (χ0v) is 21.2. The Kier molecular flexibility index (Phi) is 9.10. The van der Waals surface area contributed by atoms with Crippen molar-refractivity contribution >= 4 is 52.8 Å². The van der Waals surface area contributed by atoms with E-state index in [9.17, 15) is 14.7 Å². The van der Waals surface area contributed by atoms with Crippen LogP contribution >= 0.6 is 23.2 Å². The number of methoxy groups -OCH3 is 2. The minimum Gasteiger partial charge on any atom is -0.481 e. The van der Waals surface area contributed by atoms with Crippen LogP contribution in [-0.4, -0.2) is 54.3 Å². The second-order valence-corrected chi connectivity index (χ2v) is 8.32. The first-order valence-corrected chi connectivity index (χ1v) is 11.4. The third kappa shape index (κ3) is 6.65. The van der Waals surface area contributed by atoms with Crippen LogP contribution in [0.25, 0.3) is 6.08 Å². The molecule has 1 amide bonds. The summed E-state index contributed by atoms with van der Waals surface area (Å²) in [5.41, 5.74) is 1.68. The van der Waals surface area contributed by atoms with Gasteiger partial charge in [0.05, 0.1) is 35.9 Å². The molecule has 0 spiro atoms. The van der Waals surface area contributed by atoms with Gasteiger partial charge in [-0.15, -0.1) is 0 Å². The van der Waals surface area contributed by atoms with Gasteiger partial charge in [-0.05, 0) is 36.2 Å². The molecular weight excluding hydrogens is 507 g/mol. The number of carbonyl (C=O) groups is 2. The molecule has 0 aliphatic rings. The number of aromatic nitrogens is 2. The average molecular weight is 531 g/mol. The molecule has 1 heterocycles. The third-order valence-electron chi connectivity index (χ3n) is 5.14. The number of benzene rings is 2. The fraction of sp³-hybridized carbons (Fsp3) is 0.200. The zero-order chi connectivity index (χ0) is 26.2. The summed E-state index contributed by atoms with van der Waals surface area (Å²) in [5, 5.41) is 12.3. The van der Waals surface area contributed by atoms with E-state index in [1.165, 1.54) is 26.4 Å². The zero-order valence-electron chi connectivity index (χ0n) is 19.7. The van der Waals surface area contributed by atoms with Gasteiger partial charge in [-0.25, -0.2) is 4.79 Å².